The smallest absolute Gasteiger partial charge is 0.246 e. The summed E-state index contributed by atoms with van der Waals surface area (Å²) in [4.78, 5) is 29.9. The molecule has 166 valence electrons. The number of carbonyl (C=O) groups excluding carboxylic acids is 2. The first-order chi connectivity index (χ1) is 13.2. The number of carbonyl (C=O) groups is 2. The molecule has 0 aromatic carbocycles. The summed E-state index contributed by atoms with van der Waals surface area (Å²) in [6, 6.07) is 0.516. The standard InChI is InChI=1S/C20H33N3O4S.ClH/c1-5-7-16-19-17(23(20(16)25)28(4,26)27)10-12-22(19)18(24)11-13-21-14(2)8-6-9-15(21)3;/h10,14-16,19H,5-9,11-13H2,1-4H3;1H/t14?,15?,16-,19-;/m1./s1. The van der Waals surface area contributed by atoms with E-state index in [1.165, 1.54) is 6.42 Å². The van der Waals surface area contributed by atoms with Crippen molar-refractivity contribution in [1.82, 2.24) is 14.1 Å². The van der Waals surface area contributed by atoms with Crippen LogP contribution in [0.4, 0.5) is 0 Å². The monoisotopic (exact) mass is 447 g/mol. The lowest BCUT2D eigenvalue weighted by molar-refractivity contribution is -0.134. The van der Waals surface area contributed by atoms with Gasteiger partial charge in [0, 0.05) is 31.6 Å². The lowest BCUT2D eigenvalue weighted by Crippen LogP contribution is -2.47. The van der Waals surface area contributed by atoms with Crippen molar-refractivity contribution in [3.05, 3.63) is 11.8 Å². The number of piperidine rings is 1. The van der Waals surface area contributed by atoms with E-state index in [2.05, 4.69) is 18.7 Å². The average Bonchev–Trinajstić information content (AvgIpc) is 3.12. The second-order valence-electron chi connectivity index (χ2n) is 8.50. The maximum Gasteiger partial charge on any atom is 0.246 e. The third kappa shape index (κ3) is 4.64. The van der Waals surface area contributed by atoms with Crippen LogP contribution >= 0.6 is 12.4 Å². The fourth-order valence-electron chi connectivity index (χ4n) is 5.11. The van der Waals surface area contributed by atoms with Crippen molar-refractivity contribution in [2.75, 3.05) is 19.3 Å². The van der Waals surface area contributed by atoms with E-state index in [9.17, 15) is 18.0 Å². The summed E-state index contributed by atoms with van der Waals surface area (Å²) in [5, 5.41) is 0. The lowest BCUT2D eigenvalue weighted by atomic mass is 9.95. The Morgan fingerprint density at radius 3 is 2.38 bits per heavy atom. The molecule has 3 rings (SSSR count). The van der Waals surface area contributed by atoms with Gasteiger partial charge < -0.3 is 4.90 Å². The van der Waals surface area contributed by atoms with E-state index in [0.717, 1.165) is 29.8 Å². The minimum Gasteiger partial charge on any atom is -0.329 e. The van der Waals surface area contributed by atoms with Crippen molar-refractivity contribution in [2.24, 2.45) is 5.92 Å². The maximum absolute atomic E-state index is 13.0. The number of likely N-dealkylation sites (tertiary alicyclic amines) is 1. The van der Waals surface area contributed by atoms with Gasteiger partial charge >= 0.3 is 0 Å². The van der Waals surface area contributed by atoms with E-state index >= 15 is 0 Å². The van der Waals surface area contributed by atoms with Gasteiger partial charge in [-0.25, -0.2) is 12.7 Å². The SMILES string of the molecule is CCC[C@H]1C(=O)N(S(C)(=O)=O)C2=CCN(C(=O)CCN3C(C)CCCC3C)[C@@H]21.Cl. The molecule has 0 aromatic heterocycles. The lowest BCUT2D eigenvalue weighted by Gasteiger charge is -2.39. The predicted molar refractivity (Wildman–Crippen MR) is 115 cm³/mol. The van der Waals surface area contributed by atoms with Crippen LogP contribution in [-0.2, 0) is 19.6 Å². The highest BCUT2D eigenvalue weighted by Gasteiger charge is 2.53. The summed E-state index contributed by atoms with van der Waals surface area (Å²) in [7, 11) is -3.68. The molecule has 29 heavy (non-hydrogen) atoms. The van der Waals surface area contributed by atoms with Crippen LogP contribution in [-0.4, -0.2) is 71.8 Å². The first kappa shape index (κ1) is 24.2. The Balaban J connectivity index is 0.00000300. The third-order valence-corrected chi connectivity index (χ3v) is 7.53. The Hall–Kier alpha value is -1.12. The zero-order valence-corrected chi connectivity index (χ0v) is 19.5. The molecule has 4 atom stereocenters. The molecule has 3 heterocycles. The molecular weight excluding hydrogens is 414 g/mol. The largest absolute Gasteiger partial charge is 0.329 e. The topological polar surface area (TPSA) is 78.0 Å². The molecule has 0 spiro atoms. The first-order valence-corrected chi connectivity index (χ1v) is 12.3. The Labute approximate surface area is 180 Å². The molecule has 2 fully saturated rings. The predicted octanol–water partition coefficient (Wildman–Crippen LogP) is 2.37. The Bertz CT molecular complexity index is 760. The highest BCUT2D eigenvalue weighted by molar-refractivity contribution is 7.89. The van der Waals surface area contributed by atoms with Gasteiger partial charge in [0.05, 0.1) is 23.9 Å². The average molecular weight is 448 g/mol. The van der Waals surface area contributed by atoms with Crippen molar-refractivity contribution >= 4 is 34.2 Å². The van der Waals surface area contributed by atoms with Crippen LogP contribution in [0, 0.1) is 5.92 Å². The Morgan fingerprint density at radius 2 is 1.83 bits per heavy atom. The molecular formula is C20H34ClN3O4S. The molecule has 0 bridgehead atoms. The van der Waals surface area contributed by atoms with Gasteiger partial charge in [0.15, 0.2) is 0 Å². The van der Waals surface area contributed by atoms with Crippen LogP contribution in [0.5, 0.6) is 0 Å². The van der Waals surface area contributed by atoms with Crippen molar-refractivity contribution in [3.63, 3.8) is 0 Å². The van der Waals surface area contributed by atoms with Gasteiger partial charge in [-0.3, -0.25) is 14.5 Å². The summed E-state index contributed by atoms with van der Waals surface area (Å²) >= 11 is 0. The number of halogens is 1. The minimum atomic E-state index is -3.68. The number of amides is 2. The van der Waals surface area contributed by atoms with Crippen LogP contribution in [0.3, 0.4) is 0 Å². The van der Waals surface area contributed by atoms with Crippen LogP contribution in [0.2, 0.25) is 0 Å². The first-order valence-electron chi connectivity index (χ1n) is 10.5. The molecule has 2 saturated heterocycles. The molecule has 0 radical (unpaired) electrons. The van der Waals surface area contributed by atoms with Crippen LogP contribution < -0.4 is 0 Å². The van der Waals surface area contributed by atoms with Crippen LogP contribution in [0.15, 0.2) is 11.8 Å². The molecule has 0 saturated carbocycles. The van der Waals surface area contributed by atoms with Gasteiger partial charge in [0.2, 0.25) is 21.8 Å². The summed E-state index contributed by atoms with van der Waals surface area (Å²) in [6.45, 7) is 7.49. The number of nitrogens with zero attached hydrogens (tertiary/aromatic N) is 3. The van der Waals surface area contributed by atoms with Gasteiger partial charge in [-0.05, 0) is 39.2 Å². The summed E-state index contributed by atoms with van der Waals surface area (Å²) in [6.07, 6.45) is 8.10. The second kappa shape index (κ2) is 9.35. The molecule has 0 aliphatic carbocycles. The van der Waals surface area contributed by atoms with Gasteiger partial charge in [0.1, 0.15) is 0 Å². The normalized spacial score (nSPS) is 30.2. The molecule has 0 aromatic rings. The van der Waals surface area contributed by atoms with Crippen LogP contribution in [0.1, 0.15) is 59.3 Å². The molecule has 9 heteroatoms. The molecule has 3 aliphatic heterocycles. The highest BCUT2D eigenvalue weighted by atomic mass is 35.5. The van der Waals surface area contributed by atoms with Crippen molar-refractivity contribution < 1.29 is 18.0 Å². The van der Waals surface area contributed by atoms with Gasteiger partial charge in [-0.2, -0.15) is 0 Å². The molecule has 2 unspecified atom stereocenters. The van der Waals surface area contributed by atoms with E-state index in [4.69, 9.17) is 0 Å². The van der Waals surface area contributed by atoms with E-state index < -0.39 is 27.9 Å². The van der Waals surface area contributed by atoms with Crippen molar-refractivity contribution in [1.29, 1.82) is 0 Å². The minimum absolute atomic E-state index is 0. The zero-order chi connectivity index (χ0) is 20.6. The number of fused-ring (bicyclic) bond motifs is 1. The molecule has 7 nitrogen and oxygen atoms in total. The van der Waals surface area contributed by atoms with E-state index in [0.29, 0.717) is 43.7 Å². The third-order valence-electron chi connectivity index (χ3n) is 6.48. The number of rotatable bonds is 6. The van der Waals surface area contributed by atoms with E-state index in [-0.39, 0.29) is 18.3 Å². The highest BCUT2D eigenvalue weighted by Crippen LogP contribution is 2.40. The number of hydrogen-bond acceptors (Lipinski definition) is 5. The Kier molecular flexibility index (Phi) is 7.79. The summed E-state index contributed by atoms with van der Waals surface area (Å²) < 4.78 is 25.3. The summed E-state index contributed by atoms with van der Waals surface area (Å²) in [5.41, 5.74) is 0.471. The summed E-state index contributed by atoms with van der Waals surface area (Å²) in [5.74, 6) is -0.855. The van der Waals surface area contributed by atoms with Crippen LogP contribution in [0.25, 0.3) is 0 Å². The van der Waals surface area contributed by atoms with Gasteiger partial charge in [-0.1, -0.05) is 19.8 Å². The van der Waals surface area contributed by atoms with Gasteiger partial charge in [-0.15, -0.1) is 12.4 Å². The van der Waals surface area contributed by atoms with E-state index in [1.807, 2.05) is 6.92 Å². The molecule has 2 amide bonds. The zero-order valence-electron chi connectivity index (χ0n) is 17.8. The van der Waals surface area contributed by atoms with Crippen molar-refractivity contribution in [3.8, 4) is 0 Å². The quantitative estimate of drug-likeness (QED) is 0.624. The molecule has 3 aliphatic rings. The number of sulfonamides is 1. The number of hydrogen-bond donors (Lipinski definition) is 0. The fourth-order valence-corrected chi connectivity index (χ4v) is 6.14. The van der Waals surface area contributed by atoms with Crippen molar-refractivity contribution in [2.45, 2.75) is 77.4 Å². The second-order valence-corrected chi connectivity index (χ2v) is 10.3. The maximum atomic E-state index is 13.0. The van der Waals surface area contributed by atoms with E-state index in [1.54, 1.807) is 11.0 Å². The fraction of sp³-hybridized carbons (Fsp3) is 0.800. The molecule has 0 N–H and O–H groups in total. The Morgan fingerprint density at radius 1 is 1.21 bits per heavy atom. The van der Waals surface area contributed by atoms with Gasteiger partial charge in [0.25, 0.3) is 0 Å².